The number of nitrogens with one attached hydrogen (secondary N) is 1. The van der Waals surface area contributed by atoms with Crippen molar-refractivity contribution in [1.82, 2.24) is 5.43 Å². The van der Waals surface area contributed by atoms with Crippen LogP contribution in [0, 0.1) is 0 Å². The number of rotatable bonds is 4. The molecule has 0 spiro atoms. The van der Waals surface area contributed by atoms with E-state index in [1.54, 1.807) is 11.3 Å². The Balaban J connectivity index is 2.05. The van der Waals surface area contributed by atoms with Gasteiger partial charge in [0.05, 0.1) is 6.04 Å². The Morgan fingerprint density at radius 3 is 2.37 bits per heavy atom. The van der Waals surface area contributed by atoms with Crippen molar-refractivity contribution in [3.8, 4) is 0 Å². The van der Waals surface area contributed by atoms with Gasteiger partial charge >= 0.3 is 0 Å². The van der Waals surface area contributed by atoms with Crippen molar-refractivity contribution in [2.24, 2.45) is 5.84 Å². The molecule has 0 aliphatic heterocycles. The second kappa shape index (κ2) is 5.45. The molecule has 3 heteroatoms. The molecule has 1 aliphatic rings. The van der Waals surface area contributed by atoms with E-state index in [9.17, 15) is 0 Å². The molecule has 19 heavy (non-hydrogen) atoms. The first-order valence-corrected chi connectivity index (χ1v) is 7.80. The van der Waals surface area contributed by atoms with Crippen LogP contribution in [0.4, 0.5) is 0 Å². The minimum atomic E-state index is 0.154. The third-order valence-electron chi connectivity index (χ3n) is 4.39. The molecule has 1 aromatic carbocycles. The zero-order valence-electron chi connectivity index (χ0n) is 11.0. The van der Waals surface area contributed by atoms with Crippen LogP contribution in [-0.2, 0) is 5.41 Å². The summed E-state index contributed by atoms with van der Waals surface area (Å²) in [6.07, 6.45) is 5.00. The monoisotopic (exact) mass is 272 g/mol. The van der Waals surface area contributed by atoms with Gasteiger partial charge in [0.15, 0.2) is 0 Å². The standard InChI is InChI=1S/C16H20N2S/c17-18-15(14-9-6-12-19-14)16(10-4-5-11-16)13-7-2-1-3-8-13/h1-3,6-9,12,15,18H,4-5,10-11,17H2. The van der Waals surface area contributed by atoms with E-state index in [1.807, 2.05) is 0 Å². The lowest BCUT2D eigenvalue weighted by Crippen LogP contribution is -2.42. The van der Waals surface area contributed by atoms with Gasteiger partial charge in [-0.2, -0.15) is 0 Å². The van der Waals surface area contributed by atoms with Gasteiger partial charge in [-0.25, -0.2) is 0 Å². The Morgan fingerprint density at radius 1 is 1.05 bits per heavy atom. The lowest BCUT2D eigenvalue weighted by Gasteiger charge is -2.37. The minimum absolute atomic E-state index is 0.154. The highest BCUT2D eigenvalue weighted by molar-refractivity contribution is 7.10. The Morgan fingerprint density at radius 2 is 1.79 bits per heavy atom. The predicted molar refractivity (Wildman–Crippen MR) is 81.0 cm³/mol. The number of hydrogen-bond donors (Lipinski definition) is 2. The third kappa shape index (κ3) is 2.22. The van der Waals surface area contributed by atoms with E-state index in [4.69, 9.17) is 5.84 Å². The summed E-state index contributed by atoms with van der Waals surface area (Å²) < 4.78 is 0. The maximum Gasteiger partial charge on any atom is 0.0649 e. The van der Waals surface area contributed by atoms with E-state index in [0.29, 0.717) is 0 Å². The molecule has 100 valence electrons. The zero-order chi connectivity index (χ0) is 13.1. The molecule has 3 N–H and O–H groups in total. The molecular weight excluding hydrogens is 252 g/mol. The molecule has 0 saturated heterocycles. The highest BCUT2D eigenvalue weighted by Gasteiger charge is 2.43. The quantitative estimate of drug-likeness (QED) is 0.657. The second-order valence-electron chi connectivity index (χ2n) is 5.34. The number of hydrazine groups is 1. The van der Waals surface area contributed by atoms with Crippen LogP contribution in [0.15, 0.2) is 47.8 Å². The van der Waals surface area contributed by atoms with Gasteiger partial charge in [0.1, 0.15) is 0 Å². The van der Waals surface area contributed by atoms with Crippen LogP contribution in [0.1, 0.15) is 42.2 Å². The van der Waals surface area contributed by atoms with Crippen molar-refractivity contribution >= 4 is 11.3 Å². The Bertz CT molecular complexity index is 501. The maximum atomic E-state index is 5.92. The van der Waals surface area contributed by atoms with Crippen LogP contribution in [0.2, 0.25) is 0 Å². The summed E-state index contributed by atoms with van der Waals surface area (Å²) in [6, 6.07) is 15.4. The lowest BCUT2D eigenvalue weighted by molar-refractivity contribution is 0.307. The fraction of sp³-hybridized carbons (Fsp3) is 0.375. The van der Waals surface area contributed by atoms with Crippen LogP contribution in [-0.4, -0.2) is 0 Å². The van der Waals surface area contributed by atoms with E-state index in [1.165, 1.54) is 36.1 Å². The number of benzene rings is 1. The van der Waals surface area contributed by atoms with Crippen molar-refractivity contribution < 1.29 is 0 Å². The van der Waals surface area contributed by atoms with Gasteiger partial charge in [-0.05, 0) is 29.9 Å². The van der Waals surface area contributed by atoms with Gasteiger partial charge in [-0.15, -0.1) is 11.3 Å². The molecule has 0 amide bonds. The van der Waals surface area contributed by atoms with E-state index in [-0.39, 0.29) is 11.5 Å². The van der Waals surface area contributed by atoms with Crippen molar-refractivity contribution in [3.63, 3.8) is 0 Å². The average molecular weight is 272 g/mol. The van der Waals surface area contributed by atoms with E-state index in [2.05, 4.69) is 53.3 Å². The van der Waals surface area contributed by atoms with E-state index < -0.39 is 0 Å². The van der Waals surface area contributed by atoms with Crippen LogP contribution in [0.5, 0.6) is 0 Å². The normalized spacial score (nSPS) is 19.4. The second-order valence-corrected chi connectivity index (χ2v) is 6.32. The minimum Gasteiger partial charge on any atom is -0.271 e. The molecule has 1 unspecified atom stereocenters. The third-order valence-corrected chi connectivity index (χ3v) is 5.33. The van der Waals surface area contributed by atoms with Gasteiger partial charge in [-0.1, -0.05) is 49.2 Å². The van der Waals surface area contributed by atoms with Gasteiger partial charge in [0.25, 0.3) is 0 Å². The molecule has 1 aliphatic carbocycles. The molecule has 1 fully saturated rings. The number of thiophene rings is 1. The van der Waals surface area contributed by atoms with Crippen molar-refractivity contribution in [2.75, 3.05) is 0 Å². The van der Waals surface area contributed by atoms with Crippen molar-refractivity contribution in [3.05, 3.63) is 58.3 Å². The van der Waals surface area contributed by atoms with Crippen LogP contribution in [0.3, 0.4) is 0 Å². The van der Waals surface area contributed by atoms with Crippen molar-refractivity contribution in [2.45, 2.75) is 37.1 Å². The van der Waals surface area contributed by atoms with Gasteiger partial charge in [-0.3, -0.25) is 11.3 Å². The van der Waals surface area contributed by atoms with E-state index >= 15 is 0 Å². The molecule has 2 nitrogen and oxygen atoms in total. The topological polar surface area (TPSA) is 38.0 Å². The molecule has 1 atom stereocenters. The summed E-state index contributed by atoms with van der Waals surface area (Å²) in [5, 5.41) is 2.13. The fourth-order valence-corrected chi connectivity index (χ4v) is 4.39. The first-order chi connectivity index (χ1) is 9.37. The van der Waals surface area contributed by atoms with Gasteiger partial charge in [0, 0.05) is 10.3 Å². The van der Waals surface area contributed by atoms with Crippen LogP contribution < -0.4 is 11.3 Å². The fourth-order valence-electron chi connectivity index (χ4n) is 3.49. The molecule has 1 aromatic heterocycles. The largest absolute Gasteiger partial charge is 0.271 e. The van der Waals surface area contributed by atoms with Gasteiger partial charge < -0.3 is 0 Å². The SMILES string of the molecule is NNC(c1cccs1)C1(c2ccccc2)CCCC1. The Labute approximate surface area is 118 Å². The molecule has 0 radical (unpaired) electrons. The zero-order valence-corrected chi connectivity index (χ0v) is 11.8. The first-order valence-electron chi connectivity index (χ1n) is 6.92. The van der Waals surface area contributed by atoms with Gasteiger partial charge in [0.2, 0.25) is 0 Å². The molecule has 1 heterocycles. The molecular formula is C16H20N2S. The summed E-state index contributed by atoms with van der Waals surface area (Å²) >= 11 is 1.79. The summed E-state index contributed by atoms with van der Waals surface area (Å²) in [6.45, 7) is 0. The molecule has 1 saturated carbocycles. The number of hydrogen-bond acceptors (Lipinski definition) is 3. The maximum absolute atomic E-state index is 5.92. The highest BCUT2D eigenvalue weighted by atomic mass is 32.1. The number of nitrogens with two attached hydrogens (primary N) is 1. The molecule has 3 rings (SSSR count). The van der Waals surface area contributed by atoms with Crippen LogP contribution >= 0.6 is 11.3 Å². The summed E-state index contributed by atoms with van der Waals surface area (Å²) in [5.41, 5.74) is 4.67. The van der Waals surface area contributed by atoms with Crippen LogP contribution in [0.25, 0.3) is 0 Å². The van der Waals surface area contributed by atoms with Crippen molar-refractivity contribution in [1.29, 1.82) is 0 Å². The predicted octanol–water partition coefficient (Wildman–Crippen LogP) is 3.76. The lowest BCUT2D eigenvalue weighted by atomic mass is 9.72. The summed E-state index contributed by atoms with van der Waals surface area (Å²) in [5.74, 6) is 5.92. The average Bonchev–Trinajstić information content (AvgIpc) is 3.13. The Hall–Kier alpha value is -1.16. The van der Waals surface area contributed by atoms with E-state index in [0.717, 1.165) is 0 Å². The summed E-state index contributed by atoms with van der Waals surface area (Å²) in [4.78, 5) is 1.34. The molecule has 2 aromatic rings. The summed E-state index contributed by atoms with van der Waals surface area (Å²) in [7, 11) is 0. The highest BCUT2D eigenvalue weighted by Crippen LogP contribution is 2.50. The molecule has 0 bridgehead atoms. The Kier molecular flexibility index (Phi) is 3.69. The first kappa shape index (κ1) is 12.9. The smallest absolute Gasteiger partial charge is 0.0649 e.